The molecule has 106 valence electrons. The van der Waals surface area contributed by atoms with E-state index in [2.05, 4.69) is 0 Å². The Balaban J connectivity index is 2.45. The fourth-order valence-corrected chi connectivity index (χ4v) is 2.33. The van der Waals surface area contributed by atoms with Crippen LogP contribution < -0.4 is 4.74 Å². The van der Waals surface area contributed by atoms with Crippen molar-refractivity contribution >= 4 is 0 Å². The number of hydrogen-bond acceptors (Lipinski definition) is 2. The minimum Gasteiger partial charge on any atom is -0.496 e. The van der Waals surface area contributed by atoms with E-state index in [4.69, 9.17) is 4.74 Å². The number of aliphatic hydroxyl groups excluding tert-OH is 1. The van der Waals surface area contributed by atoms with Gasteiger partial charge in [-0.05, 0) is 23.8 Å². The summed E-state index contributed by atoms with van der Waals surface area (Å²) in [6.07, 6.45) is -0.865. The summed E-state index contributed by atoms with van der Waals surface area (Å²) in [5.41, 5.74) is 0.891. The third-order valence-electron chi connectivity index (χ3n) is 3.69. The fourth-order valence-electron chi connectivity index (χ4n) is 2.33. The molecule has 1 unspecified atom stereocenters. The van der Waals surface area contributed by atoms with Crippen molar-refractivity contribution in [2.45, 2.75) is 25.4 Å². The van der Waals surface area contributed by atoms with Crippen molar-refractivity contribution in [1.29, 1.82) is 0 Å². The highest BCUT2D eigenvalue weighted by atomic mass is 19.1. The maximum atomic E-state index is 13.5. The lowest BCUT2D eigenvalue weighted by Gasteiger charge is -2.32. The molecule has 1 N–H and O–H groups in total. The first-order valence-electron chi connectivity index (χ1n) is 6.54. The lowest BCUT2D eigenvalue weighted by molar-refractivity contribution is 0.0971. The van der Waals surface area contributed by atoms with Crippen LogP contribution in [0.15, 0.2) is 48.5 Å². The van der Waals surface area contributed by atoms with E-state index in [1.807, 2.05) is 44.2 Å². The molecule has 2 nitrogen and oxygen atoms in total. The Morgan fingerprint density at radius 3 is 2.35 bits per heavy atom. The van der Waals surface area contributed by atoms with Crippen molar-refractivity contribution in [3.63, 3.8) is 0 Å². The molecule has 0 radical (unpaired) electrons. The number of ether oxygens (including phenoxy) is 1. The zero-order chi connectivity index (χ0) is 14.8. The van der Waals surface area contributed by atoms with Crippen LogP contribution in [-0.4, -0.2) is 12.2 Å². The average Bonchev–Trinajstić information content (AvgIpc) is 2.47. The van der Waals surface area contributed by atoms with Crippen molar-refractivity contribution in [2.24, 2.45) is 0 Å². The van der Waals surface area contributed by atoms with Crippen LogP contribution in [0.4, 0.5) is 4.39 Å². The summed E-state index contributed by atoms with van der Waals surface area (Å²) in [5, 5.41) is 10.7. The SMILES string of the molecule is COc1ccc(F)cc1C(O)C(C)(C)c1ccccc1. The predicted molar refractivity (Wildman–Crippen MR) is 77.4 cm³/mol. The van der Waals surface area contributed by atoms with Gasteiger partial charge in [-0.1, -0.05) is 44.2 Å². The number of aliphatic hydroxyl groups is 1. The molecular weight excluding hydrogens is 255 g/mol. The van der Waals surface area contributed by atoms with Crippen LogP contribution in [0.1, 0.15) is 31.1 Å². The van der Waals surface area contributed by atoms with Gasteiger partial charge in [0, 0.05) is 11.0 Å². The van der Waals surface area contributed by atoms with Crippen LogP contribution in [-0.2, 0) is 5.41 Å². The quantitative estimate of drug-likeness (QED) is 0.917. The van der Waals surface area contributed by atoms with E-state index in [1.165, 1.54) is 25.3 Å². The molecule has 0 amide bonds. The van der Waals surface area contributed by atoms with E-state index in [0.717, 1.165) is 5.56 Å². The number of rotatable bonds is 4. The van der Waals surface area contributed by atoms with Gasteiger partial charge in [0.15, 0.2) is 0 Å². The molecule has 0 heterocycles. The summed E-state index contributed by atoms with van der Waals surface area (Å²) in [4.78, 5) is 0. The van der Waals surface area contributed by atoms with Crippen LogP contribution in [0, 0.1) is 5.82 Å². The van der Waals surface area contributed by atoms with Crippen LogP contribution in [0.2, 0.25) is 0 Å². The molecule has 0 aliphatic heterocycles. The van der Waals surface area contributed by atoms with Crippen molar-refractivity contribution in [3.05, 3.63) is 65.5 Å². The number of methoxy groups -OCH3 is 1. The molecule has 0 aliphatic carbocycles. The van der Waals surface area contributed by atoms with Crippen LogP contribution in [0.25, 0.3) is 0 Å². The van der Waals surface area contributed by atoms with E-state index in [9.17, 15) is 9.50 Å². The molecule has 1 atom stereocenters. The summed E-state index contributed by atoms with van der Waals surface area (Å²) < 4.78 is 18.7. The van der Waals surface area contributed by atoms with E-state index in [1.54, 1.807) is 0 Å². The molecular formula is C17H19FO2. The molecule has 2 aromatic carbocycles. The third kappa shape index (κ3) is 2.68. The first-order valence-corrected chi connectivity index (χ1v) is 6.54. The molecule has 2 rings (SSSR count). The predicted octanol–water partition coefficient (Wildman–Crippen LogP) is 3.85. The van der Waals surface area contributed by atoms with E-state index in [-0.39, 0.29) is 5.82 Å². The lowest BCUT2D eigenvalue weighted by Crippen LogP contribution is -2.27. The van der Waals surface area contributed by atoms with Gasteiger partial charge in [0.2, 0.25) is 0 Å². The maximum absolute atomic E-state index is 13.5. The molecule has 0 aromatic heterocycles. The minimum atomic E-state index is -0.865. The molecule has 0 spiro atoms. The van der Waals surface area contributed by atoms with Crippen molar-refractivity contribution < 1.29 is 14.2 Å². The Morgan fingerprint density at radius 1 is 1.10 bits per heavy atom. The zero-order valence-electron chi connectivity index (χ0n) is 11.9. The standard InChI is InChI=1S/C17H19FO2/c1-17(2,12-7-5-4-6-8-12)16(19)14-11-13(18)9-10-15(14)20-3/h4-11,16,19H,1-3H3. The van der Waals surface area contributed by atoms with Gasteiger partial charge in [0.1, 0.15) is 11.6 Å². The van der Waals surface area contributed by atoms with Crippen LogP contribution >= 0.6 is 0 Å². The molecule has 0 saturated heterocycles. The first-order chi connectivity index (χ1) is 9.46. The van der Waals surface area contributed by atoms with E-state index < -0.39 is 11.5 Å². The average molecular weight is 274 g/mol. The van der Waals surface area contributed by atoms with Gasteiger partial charge in [0.05, 0.1) is 13.2 Å². The normalized spacial score (nSPS) is 13.1. The second kappa shape index (κ2) is 5.63. The maximum Gasteiger partial charge on any atom is 0.124 e. The van der Waals surface area contributed by atoms with Crippen LogP contribution in [0.3, 0.4) is 0 Å². The molecule has 0 saturated carbocycles. The third-order valence-corrected chi connectivity index (χ3v) is 3.69. The summed E-state index contributed by atoms with van der Waals surface area (Å²) in [6.45, 7) is 3.86. The highest BCUT2D eigenvalue weighted by Gasteiger charge is 2.33. The van der Waals surface area contributed by atoms with Crippen molar-refractivity contribution in [2.75, 3.05) is 7.11 Å². The van der Waals surface area contributed by atoms with Gasteiger partial charge < -0.3 is 9.84 Å². The highest BCUT2D eigenvalue weighted by Crippen LogP contribution is 2.40. The largest absolute Gasteiger partial charge is 0.496 e. The zero-order valence-corrected chi connectivity index (χ0v) is 11.9. The highest BCUT2D eigenvalue weighted by molar-refractivity contribution is 5.39. The molecule has 0 fully saturated rings. The number of hydrogen-bond donors (Lipinski definition) is 1. The Kier molecular flexibility index (Phi) is 4.09. The summed E-state index contributed by atoms with van der Waals surface area (Å²) in [6, 6.07) is 13.9. The second-order valence-electron chi connectivity index (χ2n) is 5.38. The van der Waals surface area contributed by atoms with Gasteiger partial charge in [-0.25, -0.2) is 4.39 Å². The first kappa shape index (κ1) is 14.5. The topological polar surface area (TPSA) is 29.5 Å². The van der Waals surface area contributed by atoms with Crippen LogP contribution in [0.5, 0.6) is 5.75 Å². The van der Waals surface area contributed by atoms with Gasteiger partial charge >= 0.3 is 0 Å². The van der Waals surface area contributed by atoms with E-state index in [0.29, 0.717) is 11.3 Å². The molecule has 0 bridgehead atoms. The Labute approximate surface area is 118 Å². The van der Waals surface area contributed by atoms with Crippen molar-refractivity contribution in [1.82, 2.24) is 0 Å². The summed E-state index contributed by atoms with van der Waals surface area (Å²) >= 11 is 0. The summed E-state index contributed by atoms with van der Waals surface area (Å²) in [7, 11) is 1.51. The fraction of sp³-hybridized carbons (Fsp3) is 0.294. The smallest absolute Gasteiger partial charge is 0.124 e. The molecule has 20 heavy (non-hydrogen) atoms. The van der Waals surface area contributed by atoms with Gasteiger partial charge in [-0.2, -0.15) is 0 Å². The molecule has 0 aliphatic rings. The van der Waals surface area contributed by atoms with Gasteiger partial charge in [-0.15, -0.1) is 0 Å². The van der Waals surface area contributed by atoms with Gasteiger partial charge in [-0.3, -0.25) is 0 Å². The lowest BCUT2D eigenvalue weighted by atomic mass is 9.76. The Morgan fingerprint density at radius 2 is 1.75 bits per heavy atom. The number of benzene rings is 2. The summed E-state index contributed by atoms with van der Waals surface area (Å²) in [5.74, 6) is 0.103. The Bertz CT molecular complexity index is 579. The van der Waals surface area contributed by atoms with Crippen molar-refractivity contribution in [3.8, 4) is 5.75 Å². The monoisotopic (exact) mass is 274 g/mol. The molecule has 2 aromatic rings. The number of halogens is 1. The van der Waals surface area contributed by atoms with E-state index >= 15 is 0 Å². The second-order valence-corrected chi connectivity index (χ2v) is 5.38. The minimum absolute atomic E-state index is 0.385. The molecule has 3 heteroatoms. The Hall–Kier alpha value is -1.87. The van der Waals surface area contributed by atoms with Gasteiger partial charge in [0.25, 0.3) is 0 Å².